The Kier molecular flexibility index (Phi) is 4.90. The van der Waals surface area contributed by atoms with Gasteiger partial charge in [0.1, 0.15) is 13.6 Å². The highest BCUT2D eigenvalue weighted by Crippen LogP contribution is 2.30. The smallest absolute Gasteiger partial charge is 0.243 e. The maximum atomic E-state index is 14.0. The monoisotopic (exact) mass is 364 g/mol. The highest BCUT2D eigenvalue weighted by molar-refractivity contribution is 7.63. The van der Waals surface area contributed by atoms with E-state index < -0.39 is 23.2 Å². The van der Waals surface area contributed by atoms with Gasteiger partial charge in [0, 0.05) is 13.9 Å². The number of carbonyl (C=O) groups is 1. The van der Waals surface area contributed by atoms with Crippen LogP contribution in [-0.4, -0.2) is 29.1 Å². The van der Waals surface area contributed by atoms with Crippen LogP contribution in [-0.2, 0) is 6.42 Å². The summed E-state index contributed by atoms with van der Waals surface area (Å²) >= 11 is 0. The van der Waals surface area contributed by atoms with Crippen LogP contribution < -0.4 is 4.98 Å². The Bertz CT molecular complexity index is 681. The van der Waals surface area contributed by atoms with E-state index in [-0.39, 0.29) is 11.7 Å². The van der Waals surface area contributed by atoms with E-state index in [0.29, 0.717) is 17.5 Å². The summed E-state index contributed by atoms with van der Waals surface area (Å²) in [6.07, 6.45) is 2.57. The summed E-state index contributed by atoms with van der Waals surface area (Å²) < 4.78 is 14.0. The van der Waals surface area contributed by atoms with Crippen molar-refractivity contribution in [1.82, 2.24) is 4.98 Å². The topological polar surface area (TPSA) is 29.1 Å². The van der Waals surface area contributed by atoms with Crippen molar-refractivity contribution >= 4 is 35.2 Å². The summed E-state index contributed by atoms with van der Waals surface area (Å²) in [6.45, 7) is 16.1. The Morgan fingerprint density at radius 2 is 1.83 bits per heavy atom. The number of hydrogen-bond acceptors (Lipinski definition) is 1. The lowest BCUT2D eigenvalue weighted by Gasteiger charge is -2.41. The highest BCUT2D eigenvalue weighted by Gasteiger charge is 2.45. The van der Waals surface area contributed by atoms with E-state index >= 15 is 0 Å². The minimum absolute atomic E-state index is 0.0207. The van der Waals surface area contributed by atoms with Crippen LogP contribution in [0.15, 0.2) is 17.7 Å². The third-order valence-corrected chi connectivity index (χ3v) is 39.5. The average Bonchev–Trinajstić information content (AvgIpc) is 2.80. The first kappa shape index (κ1) is 18.4. The molecule has 1 N–H and O–H groups in total. The summed E-state index contributed by atoms with van der Waals surface area (Å²) in [4.78, 5) is 16.3. The molecule has 0 aromatic heterocycles. The molecule has 1 aromatic rings. The molecular formula is C17H27FNOSi3. The lowest BCUT2D eigenvalue weighted by atomic mass is 10.0. The quantitative estimate of drug-likeness (QED) is 0.791. The van der Waals surface area contributed by atoms with Gasteiger partial charge >= 0.3 is 0 Å². The summed E-state index contributed by atoms with van der Waals surface area (Å²) in [5.74, 6) is -0.226. The van der Waals surface area contributed by atoms with E-state index in [1.54, 1.807) is 6.07 Å². The van der Waals surface area contributed by atoms with Gasteiger partial charge in [-0.15, -0.1) is 0 Å². The third-order valence-electron chi connectivity index (χ3n) is 5.63. The predicted octanol–water partition coefficient (Wildman–Crippen LogP) is 4.34. The lowest BCUT2D eigenvalue weighted by Crippen LogP contribution is -2.71. The van der Waals surface area contributed by atoms with Crippen molar-refractivity contribution in [2.24, 2.45) is 0 Å². The van der Waals surface area contributed by atoms with Crippen LogP contribution in [0, 0.1) is 5.82 Å². The maximum Gasteiger partial charge on any atom is 0.243 e. The van der Waals surface area contributed by atoms with Gasteiger partial charge in [-0.3, -0.25) is 4.79 Å². The Hall–Kier alpha value is -0.989. The molecule has 2 rings (SSSR count). The van der Waals surface area contributed by atoms with Crippen molar-refractivity contribution in [3.63, 3.8) is 0 Å². The van der Waals surface area contributed by atoms with Gasteiger partial charge in [-0.25, -0.2) is 4.39 Å². The van der Waals surface area contributed by atoms with Crippen LogP contribution in [0.25, 0.3) is 6.08 Å². The molecule has 0 bridgehead atoms. The Labute approximate surface area is 142 Å². The zero-order chi connectivity index (χ0) is 17.6. The molecule has 0 spiro atoms. The van der Waals surface area contributed by atoms with Crippen LogP contribution in [0.4, 0.5) is 4.39 Å². The number of hydrogen-bond donors (Lipinski definition) is 1. The summed E-state index contributed by atoms with van der Waals surface area (Å²) in [5.41, 5.74) is 3.19. The van der Waals surface area contributed by atoms with E-state index in [2.05, 4.69) is 44.3 Å². The summed E-state index contributed by atoms with van der Waals surface area (Å²) in [7, 11) is -3.67. The van der Waals surface area contributed by atoms with Crippen molar-refractivity contribution in [3.8, 4) is 0 Å². The van der Waals surface area contributed by atoms with Gasteiger partial charge < -0.3 is 4.98 Å². The molecule has 1 radical (unpaired) electrons. The second-order valence-corrected chi connectivity index (χ2v) is 32.4. The summed E-state index contributed by atoms with van der Waals surface area (Å²) in [6, 6.07) is 3.08. The van der Waals surface area contributed by atoms with Gasteiger partial charge in [-0.1, -0.05) is 50.9 Å². The van der Waals surface area contributed by atoms with Gasteiger partial charge in [0.2, 0.25) is 5.91 Å². The van der Waals surface area contributed by atoms with Crippen molar-refractivity contribution in [2.75, 3.05) is 0 Å². The van der Waals surface area contributed by atoms with Crippen molar-refractivity contribution in [2.45, 2.75) is 52.6 Å². The Morgan fingerprint density at radius 1 is 1.22 bits per heavy atom. The van der Waals surface area contributed by atoms with Crippen molar-refractivity contribution in [3.05, 3.63) is 40.2 Å². The molecular weight excluding hydrogens is 337 g/mol. The first-order valence-corrected chi connectivity index (χ1v) is 18.6. The van der Waals surface area contributed by atoms with Crippen molar-refractivity contribution in [1.29, 1.82) is 0 Å². The largest absolute Gasteiger partial charge is 0.381 e. The first-order chi connectivity index (χ1) is 10.5. The second-order valence-electron chi connectivity index (χ2n) is 7.86. The number of amides is 1. The fraction of sp³-hybridized carbons (Fsp3) is 0.471. The van der Waals surface area contributed by atoms with E-state index in [0.717, 1.165) is 11.1 Å². The molecule has 0 saturated heterocycles. The van der Waals surface area contributed by atoms with Gasteiger partial charge in [0.25, 0.3) is 0 Å². The Balaban J connectivity index is 2.35. The molecule has 0 unspecified atom stereocenters. The number of halogens is 1. The fourth-order valence-electron chi connectivity index (χ4n) is 2.89. The molecule has 1 amide bonds. The number of carbonyl (C=O) groups excluding carboxylic acids is 1. The molecule has 0 atom stereocenters. The Morgan fingerprint density at radius 3 is 2.39 bits per heavy atom. The molecule has 1 aliphatic carbocycles. The zero-order valence-electron chi connectivity index (χ0n) is 15.2. The number of rotatable bonds is 4. The molecule has 1 aliphatic rings. The van der Waals surface area contributed by atoms with Crippen LogP contribution >= 0.6 is 0 Å². The molecule has 2 nitrogen and oxygen atoms in total. The number of fused-ring (bicyclic) bond motifs is 1. The van der Waals surface area contributed by atoms with Crippen LogP contribution in [0.2, 0.25) is 39.3 Å². The van der Waals surface area contributed by atoms with Crippen LogP contribution in [0.1, 0.15) is 28.4 Å². The van der Waals surface area contributed by atoms with Crippen LogP contribution in [0.3, 0.4) is 0 Å². The molecule has 125 valence electrons. The minimum Gasteiger partial charge on any atom is -0.381 e. The van der Waals surface area contributed by atoms with E-state index in [9.17, 15) is 9.18 Å². The SMILES string of the molecule is CC1=Cc2c(C(=O)N[Si](C)(C)[Si](C)(C)[Si](C)C)ccc(F)c2C1. The van der Waals surface area contributed by atoms with Crippen molar-refractivity contribution < 1.29 is 9.18 Å². The number of benzene rings is 1. The standard InChI is InChI=1S/C17H27FNOSi3/c1-12-10-14-13(8-9-16(18)15(14)11-12)17(20)19-22(4,5)23(6,7)21(2)3/h8-10H,11H2,1-7H3,(H,19,20). The molecule has 0 saturated carbocycles. The maximum absolute atomic E-state index is 14.0. The van der Waals surface area contributed by atoms with Gasteiger partial charge in [0.05, 0.1) is 7.11 Å². The number of allylic oxidation sites excluding steroid dienone is 1. The fourth-order valence-corrected chi connectivity index (χ4v) is 22.0. The molecule has 0 aliphatic heterocycles. The van der Waals surface area contributed by atoms with Gasteiger partial charge in [-0.05, 0) is 36.6 Å². The normalized spacial score (nSPS) is 14.7. The second kappa shape index (κ2) is 6.14. The third kappa shape index (κ3) is 3.29. The molecule has 1 aromatic carbocycles. The highest BCUT2D eigenvalue weighted by atomic mass is 29.6. The lowest BCUT2D eigenvalue weighted by molar-refractivity contribution is 0.0978. The first-order valence-electron chi connectivity index (χ1n) is 8.09. The molecule has 23 heavy (non-hydrogen) atoms. The summed E-state index contributed by atoms with van der Waals surface area (Å²) in [5, 5.41) is 0. The average molecular weight is 365 g/mol. The van der Waals surface area contributed by atoms with Gasteiger partial charge in [0.15, 0.2) is 0 Å². The van der Waals surface area contributed by atoms with Crippen LogP contribution in [0.5, 0.6) is 0 Å². The molecule has 6 heteroatoms. The predicted molar refractivity (Wildman–Crippen MR) is 104 cm³/mol. The van der Waals surface area contributed by atoms with E-state index in [1.807, 2.05) is 13.0 Å². The minimum atomic E-state index is -1.83. The number of nitrogens with one attached hydrogen (secondary N) is 1. The molecule has 0 heterocycles. The van der Waals surface area contributed by atoms with E-state index in [4.69, 9.17) is 0 Å². The van der Waals surface area contributed by atoms with E-state index in [1.165, 1.54) is 6.07 Å². The molecule has 0 fully saturated rings. The van der Waals surface area contributed by atoms with Gasteiger partial charge in [-0.2, -0.15) is 0 Å². The zero-order valence-corrected chi connectivity index (χ0v) is 18.2.